The highest BCUT2D eigenvalue weighted by Crippen LogP contribution is 2.26. The first-order chi connectivity index (χ1) is 11.7. The number of thioether (sulfide) groups is 1. The van der Waals surface area contributed by atoms with E-state index in [0.717, 1.165) is 28.8 Å². The van der Waals surface area contributed by atoms with Crippen LogP contribution in [0.5, 0.6) is 0 Å². The van der Waals surface area contributed by atoms with Crippen molar-refractivity contribution in [2.75, 3.05) is 5.75 Å². The van der Waals surface area contributed by atoms with E-state index < -0.39 is 0 Å². The Balaban J connectivity index is 1.85. The molecule has 0 atom stereocenters. The lowest BCUT2D eigenvalue weighted by Gasteiger charge is -2.11. The Bertz CT molecular complexity index is 795. The van der Waals surface area contributed by atoms with Crippen molar-refractivity contribution in [3.63, 3.8) is 0 Å². The number of aliphatic hydroxyl groups excluding tert-OH is 1. The average Bonchev–Trinajstić information content (AvgIpc) is 2.92. The lowest BCUT2D eigenvalue weighted by molar-refractivity contribution is 0.273. The predicted octanol–water partition coefficient (Wildman–Crippen LogP) is 4.51. The largest absolute Gasteiger partial charge is 0.390 e. The second-order valence-corrected chi connectivity index (χ2v) is 6.90. The van der Waals surface area contributed by atoms with Gasteiger partial charge in [-0.3, -0.25) is 0 Å². The number of benzene rings is 2. The van der Waals surface area contributed by atoms with Crippen LogP contribution in [0.4, 0.5) is 0 Å². The molecule has 0 aliphatic carbocycles. The van der Waals surface area contributed by atoms with Crippen molar-refractivity contribution in [3.8, 4) is 11.1 Å². The number of aryl methyl sites for hydroxylation is 1. The first kappa shape index (κ1) is 16.8. The van der Waals surface area contributed by atoms with Gasteiger partial charge in [0.15, 0.2) is 0 Å². The molecule has 0 fully saturated rings. The Morgan fingerprint density at radius 1 is 1.00 bits per heavy atom. The van der Waals surface area contributed by atoms with Crippen LogP contribution in [0.2, 0.25) is 0 Å². The van der Waals surface area contributed by atoms with Crippen LogP contribution in [0.25, 0.3) is 11.1 Å². The van der Waals surface area contributed by atoms with Crippen molar-refractivity contribution in [3.05, 3.63) is 71.7 Å². The number of aliphatic hydroxyl groups is 1. The lowest BCUT2D eigenvalue weighted by atomic mass is 10.0. The summed E-state index contributed by atoms with van der Waals surface area (Å²) in [4.78, 5) is 4.50. The first-order valence-electron chi connectivity index (χ1n) is 8.17. The van der Waals surface area contributed by atoms with Crippen molar-refractivity contribution in [2.45, 2.75) is 32.0 Å². The topological polar surface area (TPSA) is 38.1 Å². The normalized spacial score (nSPS) is 11.0. The number of nitrogens with zero attached hydrogens (tertiary/aromatic N) is 2. The fraction of sp³-hybridized carbons (Fsp3) is 0.250. The van der Waals surface area contributed by atoms with Crippen LogP contribution in [0, 0.1) is 6.92 Å². The number of hydrogen-bond acceptors (Lipinski definition) is 3. The summed E-state index contributed by atoms with van der Waals surface area (Å²) >= 11 is 1.73. The van der Waals surface area contributed by atoms with Gasteiger partial charge in [0.1, 0.15) is 10.9 Å². The van der Waals surface area contributed by atoms with Gasteiger partial charge in [0.25, 0.3) is 0 Å². The van der Waals surface area contributed by atoms with E-state index in [9.17, 15) is 5.11 Å². The Labute approximate surface area is 147 Å². The van der Waals surface area contributed by atoms with Gasteiger partial charge in [0.05, 0.1) is 12.3 Å². The molecule has 0 radical (unpaired) electrons. The van der Waals surface area contributed by atoms with Gasteiger partial charge in [-0.05, 0) is 29.4 Å². The van der Waals surface area contributed by atoms with E-state index in [-0.39, 0.29) is 6.61 Å². The maximum Gasteiger partial charge on any atom is 0.107 e. The van der Waals surface area contributed by atoms with Gasteiger partial charge < -0.3 is 9.67 Å². The quantitative estimate of drug-likeness (QED) is 0.672. The standard InChI is InChI=1S/C20H22N2OS/c1-3-24-20-19(14-23)21-15(2)22(20)13-16-9-11-18(12-10-16)17-7-5-4-6-8-17/h4-12,23H,3,13-14H2,1-2H3. The monoisotopic (exact) mass is 338 g/mol. The zero-order valence-corrected chi connectivity index (χ0v) is 14.9. The Kier molecular flexibility index (Phi) is 5.38. The fourth-order valence-electron chi connectivity index (χ4n) is 2.81. The third kappa shape index (κ3) is 3.55. The lowest BCUT2D eigenvalue weighted by Crippen LogP contribution is -2.04. The van der Waals surface area contributed by atoms with Gasteiger partial charge in [-0.25, -0.2) is 4.98 Å². The minimum Gasteiger partial charge on any atom is -0.390 e. The highest BCUT2D eigenvalue weighted by Gasteiger charge is 2.14. The number of aromatic nitrogens is 2. The molecule has 1 N–H and O–H groups in total. The van der Waals surface area contributed by atoms with Gasteiger partial charge in [-0.15, -0.1) is 11.8 Å². The zero-order chi connectivity index (χ0) is 16.9. The highest BCUT2D eigenvalue weighted by molar-refractivity contribution is 7.99. The van der Waals surface area contributed by atoms with Gasteiger partial charge in [0, 0.05) is 6.54 Å². The Hall–Kier alpha value is -2.04. The van der Waals surface area contributed by atoms with Crippen molar-refractivity contribution in [1.82, 2.24) is 9.55 Å². The fourth-order valence-corrected chi connectivity index (χ4v) is 3.71. The molecule has 0 unspecified atom stereocenters. The van der Waals surface area contributed by atoms with E-state index >= 15 is 0 Å². The van der Waals surface area contributed by atoms with Crippen molar-refractivity contribution >= 4 is 11.8 Å². The molecule has 124 valence electrons. The van der Waals surface area contributed by atoms with Crippen LogP contribution in [0.15, 0.2) is 59.6 Å². The molecule has 0 aliphatic rings. The van der Waals surface area contributed by atoms with Crippen molar-refractivity contribution in [1.29, 1.82) is 0 Å². The van der Waals surface area contributed by atoms with E-state index in [4.69, 9.17) is 0 Å². The molecule has 0 amide bonds. The number of imidazole rings is 1. The molecule has 3 nitrogen and oxygen atoms in total. The van der Waals surface area contributed by atoms with E-state index in [1.165, 1.54) is 16.7 Å². The van der Waals surface area contributed by atoms with Crippen LogP contribution in [0.3, 0.4) is 0 Å². The first-order valence-corrected chi connectivity index (χ1v) is 9.15. The molecule has 3 rings (SSSR count). The smallest absolute Gasteiger partial charge is 0.107 e. The van der Waals surface area contributed by atoms with Crippen LogP contribution in [-0.4, -0.2) is 20.4 Å². The molecule has 0 aliphatic heterocycles. The molecule has 0 spiro atoms. The molecule has 4 heteroatoms. The van der Waals surface area contributed by atoms with Crippen LogP contribution < -0.4 is 0 Å². The Morgan fingerprint density at radius 2 is 1.67 bits per heavy atom. The van der Waals surface area contributed by atoms with Gasteiger partial charge in [0.2, 0.25) is 0 Å². The summed E-state index contributed by atoms with van der Waals surface area (Å²) in [6.07, 6.45) is 0. The predicted molar refractivity (Wildman–Crippen MR) is 100 cm³/mol. The zero-order valence-electron chi connectivity index (χ0n) is 14.1. The summed E-state index contributed by atoms with van der Waals surface area (Å²) in [5.74, 6) is 1.91. The molecular weight excluding hydrogens is 316 g/mol. The summed E-state index contributed by atoms with van der Waals surface area (Å²) in [6.45, 7) is 4.88. The van der Waals surface area contributed by atoms with Crippen molar-refractivity contribution in [2.24, 2.45) is 0 Å². The summed E-state index contributed by atoms with van der Waals surface area (Å²) in [5.41, 5.74) is 4.46. The van der Waals surface area contributed by atoms with Crippen LogP contribution in [-0.2, 0) is 13.2 Å². The maximum absolute atomic E-state index is 9.52. The van der Waals surface area contributed by atoms with Gasteiger partial charge in [-0.2, -0.15) is 0 Å². The van der Waals surface area contributed by atoms with Crippen LogP contribution in [0.1, 0.15) is 24.0 Å². The number of rotatable bonds is 6. The molecular formula is C20H22N2OS. The molecule has 0 saturated heterocycles. The summed E-state index contributed by atoms with van der Waals surface area (Å²) < 4.78 is 2.19. The molecule has 3 aromatic rings. The summed E-state index contributed by atoms with van der Waals surface area (Å²) in [6, 6.07) is 19.1. The average molecular weight is 338 g/mol. The molecule has 0 saturated carbocycles. The second kappa shape index (κ2) is 7.69. The van der Waals surface area contributed by atoms with Gasteiger partial charge >= 0.3 is 0 Å². The van der Waals surface area contributed by atoms with E-state index in [2.05, 4.69) is 65.0 Å². The third-order valence-electron chi connectivity index (χ3n) is 4.01. The Morgan fingerprint density at radius 3 is 2.29 bits per heavy atom. The highest BCUT2D eigenvalue weighted by atomic mass is 32.2. The minimum absolute atomic E-state index is 0.0108. The van der Waals surface area contributed by atoms with Crippen LogP contribution >= 0.6 is 11.8 Å². The SMILES string of the molecule is CCSc1c(CO)nc(C)n1Cc1ccc(-c2ccccc2)cc1. The van der Waals surface area contributed by atoms with E-state index in [1.807, 2.05) is 13.0 Å². The summed E-state index contributed by atoms with van der Waals surface area (Å²) in [5, 5.41) is 10.6. The third-order valence-corrected chi connectivity index (χ3v) is 5.03. The minimum atomic E-state index is -0.0108. The van der Waals surface area contributed by atoms with E-state index in [1.54, 1.807) is 11.8 Å². The number of hydrogen-bond donors (Lipinski definition) is 1. The molecule has 1 heterocycles. The molecule has 2 aromatic carbocycles. The molecule has 1 aromatic heterocycles. The van der Waals surface area contributed by atoms with Crippen molar-refractivity contribution < 1.29 is 5.11 Å². The molecule has 0 bridgehead atoms. The van der Waals surface area contributed by atoms with E-state index in [0.29, 0.717) is 0 Å². The molecule has 24 heavy (non-hydrogen) atoms. The second-order valence-electron chi connectivity index (χ2n) is 5.65. The maximum atomic E-state index is 9.52. The summed E-state index contributed by atoms with van der Waals surface area (Å²) in [7, 11) is 0. The van der Waals surface area contributed by atoms with Gasteiger partial charge in [-0.1, -0.05) is 61.5 Å².